The smallest absolute Gasteiger partial charge is 0.271 e. The molecule has 1 aliphatic rings. The van der Waals surface area contributed by atoms with Gasteiger partial charge in [0.2, 0.25) is 0 Å². The fourth-order valence-corrected chi connectivity index (χ4v) is 3.15. The highest BCUT2D eigenvalue weighted by Crippen LogP contribution is 2.28. The third-order valence-electron chi connectivity index (χ3n) is 3.86. The number of hydrogen-bond acceptors (Lipinski definition) is 3. The Balaban J connectivity index is 2.10. The Kier molecular flexibility index (Phi) is 5.35. The summed E-state index contributed by atoms with van der Waals surface area (Å²) in [7, 11) is 0. The molecule has 4 heteroatoms. The van der Waals surface area contributed by atoms with E-state index in [9.17, 15) is 4.79 Å². The molecule has 112 valence electrons. The summed E-state index contributed by atoms with van der Waals surface area (Å²) in [4.78, 5) is 16.6. The average molecular weight is 285 g/mol. The lowest BCUT2D eigenvalue weighted by Gasteiger charge is -2.31. The first-order valence-corrected chi connectivity index (χ1v) is 7.55. The van der Waals surface area contributed by atoms with Crippen LogP contribution in [-0.4, -0.2) is 23.5 Å². The van der Waals surface area contributed by atoms with E-state index in [1.807, 2.05) is 0 Å². The molecule has 0 aromatic carbocycles. The predicted molar refractivity (Wildman–Crippen MR) is 83.6 cm³/mol. The minimum Gasteiger partial charge on any atom is -0.348 e. The molecule has 2 unspecified atom stereocenters. The predicted octanol–water partition coefficient (Wildman–Crippen LogP) is 1.95. The largest absolute Gasteiger partial charge is 0.348 e. The van der Waals surface area contributed by atoms with Crippen LogP contribution in [-0.2, 0) is 0 Å². The standard InChI is InChI=1S/C17H23N3O/c1-12-9-13(2)11-15(10-12)20-17(21)16-14(5-3-7-18)6-4-8-19-16/h4,6,8,12-13,15H,7,9-11,18H2,1-2H3,(H,20,21). The van der Waals surface area contributed by atoms with E-state index in [1.165, 1.54) is 6.42 Å². The highest BCUT2D eigenvalue weighted by molar-refractivity contribution is 5.94. The average Bonchev–Trinajstić information content (AvgIpc) is 2.44. The molecule has 0 aliphatic heterocycles. The van der Waals surface area contributed by atoms with Crippen LogP contribution in [0.5, 0.6) is 0 Å². The molecular formula is C17H23N3O. The Bertz CT molecular complexity index is 549. The molecule has 0 bridgehead atoms. The van der Waals surface area contributed by atoms with E-state index in [-0.39, 0.29) is 18.5 Å². The number of nitrogens with two attached hydrogens (primary N) is 1. The van der Waals surface area contributed by atoms with E-state index in [0.717, 1.165) is 12.8 Å². The molecule has 3 N–H and O–H groups in total. The first-order valence-electron chi connectivity index (χ1n) is 7.55. The van der Waals surface area contributed by atoms with Gasteiger partial charge < -0.3 is 11.1 Å². The summed E-state index contributed by atoms with van der Waals surface area (Å²) in [5.41, 5.74) is 6.42. The quantitative estimate of drug-likeness (QED) is 0.816. The van der Waals surface area contributed by atoms with Crippen LogP contribution in [0.1, 0.15) is 49.2 Å². The van der Waals surface area contributed by atoms with E-state index >= 15 is 0 Å². The van der Waals surface area contributed by atoms with E-state index in [1.54, 1.807) is 18.3 Å². The lowest BCUT2D eigenvalue weighted by Crippen LogP contribution is -2.40. The lowest BCUT2D eigenvalue weighted by atomic mass is 9.80. The van der Waals surface area contributed by atoms with Crippen LogP contribution in [0.3, 0.4) is 0 Å². The van der Waals surface area contributed by atoms with Gasteiger partial charge in [0.1, 0.15) is 5.69 Å². The van der Waals surface area contributed by atoms with Crippen molar-refractivity contribution in [3.8, 4) is 11.8 Å². The van der Waals surface area contributed by atoms with Crippen molar-refractivity contribution in [2.24, 2.45) is 17.6 Å². The molecule has 0 spiro atoms. The molecule has 4 nitrogen and oxygen atoms in total. The maximum Gasteiger partial charge on any atom is 0.271 e. The van der Waals surface area contributed by atoms with Gasteiger partial charge in [0.15, 0.2) is 0 Å². The fourth-order valence-electron chi connectivity index (χ4n) is 3.15. The molecule has 1 aromatic heterocycles. The molecule has 1 aliphatic carbocycles. The molecule has 1 amide bonds. The summed E-state index contributed by atoms with van der Waals surface area (Å²) in [5.74, 6) is 6.85. The number of nitrogens with zero attached hydrogens (tertiary/aromatic N) is 1. The third-order valence-corrected chi connectivity index (χ3v) is 3.86. The normalized spacial score (nSPS) is 24.8. The molecule has 0 saturated heterocycles. The monoisotopic (exact) mass is 285 g/mol. The Morgan fingerprint density at radius 2 is 2.10 bits per heavy atom. The summed E-state index contributed by atoms with van der Waals surface area (Å²) in [6.07, 6.45) is 4.93. The Hall–Kier alpha value is -1.86. The van der Waals surface area contributed by atoms with Crippen LogP contribution in [0.2, 0.25) is 0 Å². The van der Waals surface area contributed by atoms with Gasteiger partial charge in [0, 0.05) is 12.2 Å². The van der Waals surface area contributed by atoms with Gasteiger partial charge in [-0.05, 0) is 43.2 Å². The topological polar surface area (TPSA) is 68.0 Å². The summed E-state index contributed by atoms with van der Waals surface area (Å²) in [5, 5.41) is 3.11. The zero-order valence-electron chi connectivity index (χ0n) is 12.7. The molecule has 1 heterocycles. The summed E-state index contributed by atoms with van der Waals surface area (Å²) >= 11 is 0. The van der Waals surface area contributed by atoms with Crippen LogP contribution >= 0.6 is 0 Å². The van der Waals surface area contributed by atoms with Crippen LogP contribution in [0.4, 0.5) is 0 Å². The van der Waals surface area contributed by atoms with Crippen molar-refractivity contribution < 1.29 is 4.79 Å². The minimum absolute atomic E-state index is 0.136. The van der Waals surface area contributed by atoms with Crippen LogP contribution in [0, 0.1) is 23.7 Å². The van der Waals surface area contributed by atoms with E-state index in [2.05, 4.69) is 36.0 Å². The summed E-state index contributed by atoms with van der Waals surface area (Å²) < 4.78 is 0. The molecule has 2 atom stereocenters. The number of hydrogen-bond donors (Lipinski definition) is 2. The SMILES string of the molecule is CC1CC(C)CC(NC(=O)c2ncccc2C#CCN)C1. The van der Waals surface area contributed by atoms with E-state index in [0.29, 0.717) is 23.1 Å². The van der Waals surface area contributed by atoms with Gasteiger partial charge in [0.05, 0.1) is 12.1 Å². The van der Waals surface area contributed by atoms with E-state index < -0.39 is 0 Å². The van der Waals surface area contributed by atoms with Gasteiger partial charge in [-0.2, -0.15) is 0 Å². The van der Waals surface area contributed by atoms with Gasteiger partial charge in [-0.3, -0.25) is 4.79 Å². The molecule has 1 fully saturated rings. The number of carbonyl (C=O) groups excluding carboxylic acids is 1. The zero-order chi connectivity index (χ0) is 15.2. The molecule has 21 heavy (non-hydrogen) atoms. The van der Waals surface area contributed by atoms with Crippen LogP contribution in [0.15, 0.2) is 18.3 Å². The number of nitrogens with one attached hydrogen (secondary N) is 1. The number of pyridine rings is 1. The molecule has 0 radical (unpaired) electrons. The van der Waals surface area contributed by atoms with E-state index in [4.69, 9.17) is 5.73 Å². The summed E-state index contributed by atoms with van der Waals surface area (Å²) in [6.45, 7) is 4.76. The van der Waals surface area contributed by atoms with Crippen molar-refractivity contribution in [1.82, 2.24) is 10.3 Å². The number of amides is 1. The number of carbonyl (C=O) groups is 1. The number of aromatic nitrogens is 1. The van der Waals surface area contributed by atoms with Crippen molar-refractivity contribution in [3.05, 3.63) is 29.6 Å². The van der Waals surface area contributed by atoms with Gasteiger partial charge in [-0.15, -0.1) is 0 Å². The zero-order valence-corrected chi connectivity index (χ0v) is 12.7. The highest BCUT2D eigenvalue weighted by Gasteiger charge is 2.26. The lowest BCUT2D eigenvalue weighted by molar-refractivity contribution is 0.0906. The first-order chi connectivity index (χ1) is 10.1. The fraction of sp³-hybridized carbons (Fsp3) is 0.529. The second-order valence-corrected chi connectivity index (χ2v) is 5.99. The minimum atomic E-state index is -0.136. The van der Waals surface area contributed by atoms with Gasteiger partial charge in [-0.1, -0.05) is 25.7 Å². The van der Waals surface area contributed by atoms with Crippen LogP contribution < -0.4 is 11.1 Å². The molecule has 1 aromatic rings. The second-order valence-electron chi connectivity index (χ2n) is 5.99. The summed E-state index contributed by atoms with van der Waals surface area (Å²) in [6, 6.07) is 3.81. The van der Waals surface area contributed by atoms with Gasteiger partial charge >= 0.3 is 0 Å². The first kappa shape index (κ1) is 15.5. The maximum absolute atomic E-state index is 12.4. The van der Waals surface area contributed by atoms with Crippen LogP contribution in [0.25, 0.3) is 0 Å². The molecule has 1 saturated carbocycles. The third kappa shape index (κ3) is 4.30. The van der Waals surface area contributed by atoms with Crippen molar-refractivity contribution in [1.29, 1.82) is 0 Å². The second kappa shape index (κ2) is 7.24. The Labute approximate surface area is 126 Å². The van der Waals surface area contributed by atoms with Crippen molar-refractivity contribution in [3.63, 3.8) is 0 Å². The van der Waals surface area contributed by atoms with Gasteiger partial charge in [-0.25, -0.2) is 4.98 Å². The molecular weight excluding hydrogens is 262 g/mol. The van der Waals surface area contributed by atoms with Crippen molar-refractivity contribution >= 4 is 5.91 Å². The van der Waals surface area contributed by atoms with Crippen molar-refractivity contribution in [2.75, 3.05) is 6.54 Å². The molecule has 2 rings (SSSR count). The maximum atomic E-state index is 12.4. The highest BCUT2D eigenvalue weighted by atomic mass is 16.1. The van der Waals surface area contributed by atoms with Crippen molar-refractivity contribution in [2.45, 2.75) is 39.2 Å². The Morgan fingerprint density at radius 3 is 2.76 bits per heavy atom. The number of rotatable bonds is 2. The van der Waals surface area contributed by atoms with Gasteiger partial charge in [0.25, 0.3) is 5.91 Å². The Morgan fingerprint density at radius 1 is 1.38 bits per heavy atom.